The molecule has 0 fully saturated rings. The van der Waals surface area contributed by atoms with Crippen LogP contribution in [0.4, 0.5) is 0 Å². The Labute approximate surface area is 300 Å². The summed E-state index contributed by atoms with van der Waals surface area (Å²) in [6.07, 6.45) is 7.15. The summed E-state index contributed by atoms with van der Waals surface area (Å²) < 4.78 is 13.9. The zero-order valence-electron chi connectivity index (χ0n) is 31.5. The molecule has 264 valence electrons. The minimum atomic E-state index is -2.44. The SMILES string of the molecule is C=CCC[C@H](C)O[Si](c1ccccc1)(c1ccccc1)C(C)(C)C.C[C@@H](CCCCO)O[Si](c1ccccc1)(c1ccccc1)C(C)(C)C. The van der Waals surface area contributed by atoms with E-state index in [1.807, 2.05) is 6.08 Å². The second kappa shape index (κ2) is 18.8. The number of aliphatic hydroxyl groups excluding tert-OH is 1. The summed E-state index contributed by atoms with van der Waals surface area (Å²) >= 11 is 0. The fraction of sp³-hybridized carbons (Fsp3) is 0.409. The molecule has 5 heteroatoms. The second-order valence-electron chi connectivity index (χ2n) is 15.3. The van der Waals surface area contributed by atoms with Crippen LogP contribution in [-0.4, -0.2) is 40.6 Å². The van der Waals surface area contributed by atoms with Crippen LogP contribution >= 0.6 is 0 Å². The Bertz CT molecular complexity index is 1400. The van der Waals surface area contributed by atoms with Gasteiger partial charge in [0, 0.05) is 18.8 Å². The van der Waals surface area contributed by atoms with Gasteiger partial charge in [-0.3, -0.25) is 0 Å². The predicted octanol–water partition coefficient (Wildman–Crippen LogP) is 9.03. The summed E-state index contributed by atoms with van der Waals surface area (Å²) in [4.78, 5) is 0. The zero-order chi connectivity index (χ0) is 36.0. The average molecular weight is 695 g/mol. The summed E-state index contributed by atoms with van der Waals surface area (Å²) in [5, 5.41) is 14.4. The Kier molecular flexibility index (Phi) is 15.5. The molecule has 1 N–H and O–H groups in total. The standard InChI is InChI=1S/C22H32O2Si.C22H30OSi/c1-19(13-11-12-18-23)24-25(22(2,3)4,20-14-7-5-8-15-20)21-16-9-6-10-17-21;1-6-7-14-19(2)23-24(22(3,4)5,20-15-10-8-11-16-20)21-17-12-9-13-18-21/h5-10,14-17,19,23H,11-13,18H2,1-4H3;6,8-13,15-19H,1,7,14H2,2-5H3/t2*19-/m00/s1. The molecule has 49 heavy (non-hydrogen) atoms. The molecule has 0 amide bonds. The van der Waals surface area contributed by atoms with E-state index in [1.54, 1.807) is 0 Å². The molecule has 0 aliphatic carbocycles. The molecule has 0 aliphatic heterocycles. The van der Waals surface area contributed by atoms with Crippen LogP contribution < -0.4 is 20.7 Å². The van der Waals surface area contributed by atoms with Crippen molar-refractivity contribution in [2.24, 2.45) is 0 Å². The fourth-order valence-corrected chi connectivity index (χ4v) is 16.5. The van der Waals surface area contributed by atoms with Crippen LogP contribution in [0, 0.1) is 0 Å². The zero-order valence-corrected chi connectivity index (χ0v) is 33.5. The van der Waals surface area contributed by atoms with Crippen LogP contribution in [0.15, 0.2) is 134 Å². The second-order valence-corrected chi connectivity index (χ2v) is 23.8. The van der Waals surface area contributed by atoms with Crippen LogP contribution in [0.5, 0.6) is 0 Å². The van der Waals surface area contributed by atoms with Crippen molar-refractivity contribution in [3.8, 4) is 0 Å². The first-order valence-electron chi connectivity index (χ1n) is 18.1. The summed E-state index contributed by atoms with van der Waals surface area (Å²) in [5.74, 6) is 0. The van der Waals surface area contributed by atoms with Gasteiger partial charge in [-0.2, -0.15) is 0 Å². The molecule has 0 unspecified atom stereocenters. The summed E-state index contributed by atoms with van der Waals surface area (Å²) in [7, 11) is -4.83. The summed E-state index contributed by atoms with van der Waals surface area (Å²) in [6.45, 7) is 22.4. The first kappa shape index (κ1) is 40.4. The van der Waals surface area contributed by atoms with E-state index in [1.165, 1.54) is 20.7 Å². The third kappa shape index (κ3) is 10.2. The average Bonchev–Trinajstić information content (AvgIpc) is 3.09. The topological polar surface area (TPSA) is 38.7 Å². The Morgan fingerprint density at radius 3 is 1.12 bits per heavy atom. The molecular formula is C44H62O3Si2. The number of hydrogen-bond acceptors (Lipinski definition) is 3. The quantitative estimate of drug-likeness (QED) is 0.0767. The highest BCUT2D eigenvalue weighted by Crippen LogP contribution is 2.39. The molecule has 3 nitrogen and oxygen atoms in total. The highest BCUT2D eigenvalue weighted by atomic mass is 28.4. The van der Waals surface area contributed by atoms with Crippen molar-refractivity contribution in [3.05, 3.63) is 134 Å². The molecule has 4 rings (SSSR count). The molecule has 0 heterocycles. The Hall–Kier alpha value is -3.07. The lowest BCUT2D eigenvalue weighted by Gasteiger charge is -2.44. The third-order valence-corrected chi connectivity index (χ3v) is 19.7. The minimum Gasteiger partial charge on any atom is -0.405 e. The first-order valence-corrected chi connectivity index (χ1v) is 21.9. The largest absolute Gasteiger partial charge is 0.405 e. The van der Waals surface area contributed by atoms with Crippen molar-refractivity contribution in [1.82, 2.24) is 0 Å². The van der Waals surface area contributed by atoms with Crippen LogP contribution in [0.25, 0.3) is 0 Å². The lowest BCUT2D eigenvalue weighted by molar-refractivity contribution is 0.186. The van der Waals surface area contributed by atoms with Gasteiger partial charge in [0.25, 0.3) is 16.6 Å². The van der Waals surface area contributed by atoms with Crippen molar-refractivity contribution in [2.45, 2.75) is 110 Å². The number of aliphatic hydroxyl groups is 1. The van der Waals surface area contributed by atoms with E-state index in [0.29, 0.717) is 0 Å². The van der Waals surface area contributed by atoms with Gasteiger partial charge in [-0.25, -0.2) is 0 Å². The van der Waals surface area contributed by atoms with E-state index >= 15 is 0 Å². The van der Waals surface area contributed by atoms with Gasteiger partial charge in [0.2, 0.25) is 0 Å². The van der Waals surface area contributed by atoms with Gasteiger partial charge in [-0.05, 0) is 76.8 Å². The van der Waals surface area contributed by atoms with Gasteiger partial charge in [0.15, 0.2) is 0 Å². The van der Waals surface area contributed by atoms with Crippen LogP contribution in [0.1, 0.15) is 87.5 Å². The van der Waals surface area contributed by atoms with Gasteiger partial charge < -0.3 is 14.0 Å². The van der Waals surface area contributed by atoms with Gasteiger partial charge in [0.05, 0.1) is 0 Å². The molecule has 0 aliphatic rings. The lowest BCUT2D eigenvalue weighted by Crippen LogP contribution is -2.67. The molecule has 0 saturated carbocycles. The first-order chi connectivity index (χ1) is 23.3. The van der Waals surface area contributed by atoms with Gasteiger partial charge in [-0.15, -0.1) is 6.58 Å². The highest BCUT2D eigenvalue weighted by Gasteiger charge is 2.52. The van der Waals surface area contributed by atoms with E-state index in [0.717, 1.165) is 32.1 Å². The van der Waals surface area contributed by atoms with Gasteiger partial charge in [0.1, 0.15) is 0 Å². The van der Waals surface area contributed by atoms with Crippen molar-refractivity contribution < 1.29 is 14.0 Å². The normalized spacial score (nSPS) is 13.6. The van der Waals surface area contributed by atoms with Crippen LogP contribution in [-0.2, 0) is 8.85 Å². The highest BCUT2D eigenvalue weighted by molar-refractivity contribution is 7.00. The predicted molar refractivity (Wildman–Crippen MR) is 217 cm³/mol. The molecule has 4 aromatic rings. The maximum atomic E-state index is 9.06. The molecule has 0 spiro atoms. The molecule has 0 saturated heterocycles. The van der Waals surface area contributed by atoms with Gasteiger partial charge >= 0.3 is 0 Å². The lowest BCUT2D eigenvalue weighted by atomic mass is 10.2. The number of allylic oxidation sites excluding steroid dienone is 1. The molecule has 4 aromatic carbocycles. The van der Waals surface area contributed by atoms with Crippen LogP contribution in [0.2, 0.25) is 10.1 Å². The van der Waals surface area contributed by atoms with Crippen molar-refractivity contribution in [3.63, 3.8) is 0 Å². The number of benzene rings is 4. The minimum absolute atomic E-state index is 0.0148. The van der Waals surface area contributed by atoms with Gasteiger partial charge in [-0.1, -0.05) is 169 Å². The maximum absolute atomic E-state index is 9.06. The van der Waals surface area contributed by atoms with E-state index in [4.69, 9.17) is 14.0 Å². The Morgan fingerprint density at radius 1 is 0.551 bits per heavy atom. The van der Waals surface area contributed by atoms with Crippen molar-refractivity contribution in [1.29, 1.82) is 0 Å². The molecule has 0 aromatic heterocycles. The van der Waals surface area contributed by atoms with E-state index in [-0.39, 0.29) is 28.9 Å². The van der Waals surface area contributed by atoms with Crippen molar-refractivity contribution >= 4 is 37.4 Å². The Morgan fingerprint density at radius 2 is 0.857 bits per heavy atom. The van der Waals surface area contributed by atoms with E-state index in [9.17, 15) is 0 Å². The fourth-order valence-electron chi connectivity index (χ4n) is 7.00. The van der Waals surface area contributed by atoms with E-state index in [2.05, 4.69) is 183 Å². The summed E-state index contributed by atoms with van der Waals surface area (Å²) in [6, 6.07) is 43.2. The molecule has 0 bridgehead atoms. The molecule has 2 atom stereocenters. The van der Waals surface area contributed by atoms with Crippen molar-refractivity contribution in [2.75, 3.05) is 6.61 Å². The maximum Gasteiger partial charge on any atom is 0.261 e. The molecular weight excluding hydrogens is 633 g/mol. The Balaban J connectivity index is 0.000000266. The number of unbranched alkanes of at least 4 members (excludes halogenated alkanes) is 1. The monoisotopic (exact) mass is 694 g/mol. The van der Waals surface area contributed by atoms with Crippen LogP contribution in [0.3, 0.4) is 0 Å². The smallest absolute Gasteiger partial charge is 0.261 e. The van der Waals surface area contributed by atoms with E-state index < -0.39 is 16.6 Å². The molecule has 0 radical (unpaired) electrons. The number of hydrogen-bond donors (Lipinski definition) is 1. The third-order valence-electron chi connectivity index (χ3n) is 9.39. The number of rotatable bonds is 15. The summed E-state index contributed by atoms with van der Waals surface area (Å²) in [5.41, 5.74) is 0.